The van der Waals surface area contributed by atoms with Gasteiger partial charge in [-0.25, -0.2) is 0 Å². The molecule has 3 rings (SSSR count). The molecule has 19 heavy (non-hydrogen) atoms. The maximum absolute atomic E-state index is 6.59. The molecule has 1 saturated carbocycles. The van der Waals surface area contributed by atoms with E-state index < -0.39 is 0 Å². The number of fused-ring (bicyclic) bond motifs is 1. The molecule has 0 saturated heterocycles. The van der Waals surface area contributed by atoms with E-state index in [1.54, 1.807) is 7.11 Å². The van der Waals surface area contributed by atoms with Crippen molar-refractivity contribution in [1.29, 1.82) is 0 Å². The van der Waals surface area contributed by atoms with Gasteiger partial charge in [0.2, 0.25) is 0 Å². The van der Waals surface area contributed by atoms with Crippen LogP contribution >= 0.6 is 11.6 Å². The highest BCUT2D eigenvalue weighted by Crippen LogP contribution is 2.45. The summed E-state index contributed by atoms with van der Waals surface area (Å²) >= 11 is 6.59. The van der Waals surface area contributed by atoms with Crippen LogP contribution in [0.15, 0.2) is 0 Å². The summed E-state index contributed by atoms with van der Waals surface area (Å²) in [4.78, 5) is 0. The normalized spacial score (nSPS) is 20.0. The summed E-state index contributed by atoms with van der Waals surface area (Å²) in [5.74, 6) is 0.872. The molecule has 1 fully saturated rings. The molecule has 104 valence electrons. The minimum Gasteiger partial charge on any atom is -0.495 e. The zero-order valence-corrected chi connectivity index (χ0v) is 12.6. The average molecular weight is 280 g/mol. The van der Waals surface area contributed by atoms with Gasteiger partial charge in [0.25, 0.3) is 0 Å². The number of methoxy groups -OCH3 is 1. The third-order valence-electron chi connectivity index (χ3n) is 4.74. The molecule has 2 aliphatic rings. The van der Waals surface area contributed by atoms with Gasteiger partial charge in [-0.2, -0.15) is 0 Å². The summed E-state index contributed by atoms with van der Waals surface area (Å²) in [6.45, 7) is 2.21. The summed E-state index contributed by atoms with van der Waals surface area (Å²) in [7, 11) is 1.72. The molecule has 1 aromatic carbocycles. The highest BCUT2D eigenvalue weighted by atomic mass is 35.5. The van der Waals surface area contributed by atoms with Gasteiger partial charge in [0.1, 0.15) is 5.75 Å². The lowest BCUT2D eigenvalue weighted by molar-refractivity contribution is 0.405. The fourth-order valence-electron chi connectivity index (χ4n) is 3.30. The van der Waals surface area contributed by atoms with E-state index in [1.165, 1.54) is 35.1 Å². The Hall–Kier alpha value is -0.730. The summed E-state index contributed by atoms with van der Waals surface area (Å²) in [5.41, 5.74) is 11.7. The average Bonchev–Trinajstić information content (AvgIpc) is 3.14. The van der Waals surface area contributed by atoms with Gasteiger partial charge in [-0.05, 0) is 68.6 Å². The lowest BCUT2D eigenvalue weighted by Gasteiger charge is -2.26. The van der Waals surface area contributed by atoms with E-state index in [4.69, 9.17) is 22.1 Å². The topological polar surface area (TPSA) is 35.2 Å². The van der Waals surface area contributed by atoms with E-state index >= 15 is 0 Å². The minimum absolute atomic E-state index is 0.00965. The van der Waals surface area contributed by atoms with Crippen molar-refractivity contribution in [2.45, 2.75) is 57.4 Å². The summed E-state index contributed by atoms with van der Waals surface area (Å²) in [6.07, 6.45) is 7.86. The summed E-state index contributed by atoms with van der Waals surface area (Å²) in [6, 6.07) is 0. The van der Waals surface area contributed by atoms with E-state index in [-0.39, 0.29) is 5.54 Å². The SMILES string of the molecule is COc1c(Cl)c2c(c(C)c1CC1(N)CC1)CCCC2. The Kier molecular flexibility index (Phi) is 3.26. The minimum atomic E-state index is -0.00965. The molecule has 0 radical (unpaired) electrons. The first-order valence-electron chi connectivity index (χ1n) is 7.21. The van der Waals surface area contributed by atoms with Crippen molar-refractivity contribution in [2.75, 3.05) is 7.11 Å². The zero-order chi connectivity index (χ0) is 13.6. The molecule has 3 heteroatoms. The Morgan fingerprint density at radius 1 is 1.21 bits per heavy atom. The molecule has 0 aliphatic heterocycles. The Morgan fingerprint density at radius 2 is 1.84 bits per heavy atom. The predicted molar refractivity (Wildman–Crippen MR) is 79.2 cm³/mol. The molecular formula is C16H22ClNO. The lowest BCUT2D eigenvalue weighted by Crippen LogP contribution is -2.26. The molecule has 0 spiro atoms. The second-order valence-corrected chi connectivity index (χ2v) is 6.53. The molecule has 0 aromatic heterocycles. The number of hydrogen-bond acceptors (Lipinski definition) is 2. The second-order valence-electron chi connectivity index (χ2n) is 6.15. The molecule has 0 bridgehead atoms. The van der Waals surface area contributed by atoms with Crippen LogP contribution in [-0.4, -0.2) is 12.6 Å². The van der Waals surface area contributed by atoms with Crippen molar-refractivity contribution in [3.05, 3.63) is 27.3 Å². The van der Waals surface area contributed by atoms with E-state index in [0.29, 0.717) is 0 Å². The Bertz CT molecular complexity index is 520. The van der Waals surface area contributed by atoms with Crippen LogP contribution in [0.2, 0.25) is 5.02 Å². The van der Waals surface area contributed by atoms with Gasteiger partial charge in [0.05, 0.1) is 12.1 Å². The standard InChI is InChI=1S/C16H22ClNO/c1-10-11-5-3-4-6-12(11)14(17)15(19-2)13(10)9-16(18)7-8-16/h3-9,18H2,1-2H3. The fourth-order valence-corrected chi connectivity index (χ4v) is 3.70. The number of benzene rings is 1. The maximum atomic E-state index is 6.59. The highest BCUT2D eigenvalue weighted by molar-refractivity contribution is 6.33. The fraction of sp³-hybridized carbons (Fsp3) is 0.625. The highest BCUT2D eigenvalue weighted by Gasteiger charge is 2.40. The van der Waals surface area contributed by atoms with Gasteiger partial charge in [0.15, 0.2) is 0 Å². The maximum Gasteiger partial charge on any atom is 0.141 e. The van der Waals surface area contributed by atoms with Crippen LogP contribution < -0.4 is 10.5 Å². The molecule has 2 N–H and O–H groups in total. The second kappa shape index (κ2) is 4.68. The van der Waals surface area contributed by atoms with Gasteiger partial charge in [0, 0.05) is 11.1 Å². The van der Waals surface area contributed by atoms with Crippen LogP contribution in [0.25, 0.3) is 0 Å². The molecule has 2 aliphatic carbocycles. The monoisotopic (exact) mass is 279 g/mol. The van der Waals surface area contributed by atoms with Crippen molar-refractivity contribution < 1.29 is 4.74 Å². The summed E-state index contributed by atoms with van der Waals surface area (Å²) < 4.78 is 5.61. The largest absolute Gasteiger partial charge is 0.495 e. The predicted octanol–water partition coefficient (Wildman–Crippen LogP) is 3.57. The number of nitrogens with two attached hydrogens (primary N) is 1. The van der Waals surface area contributed by atoms with Gasteiger partial charge < -0.3 is 10.5 Å². The third kappa shape index (κ3) is 2.25. The van der Waals surface area contributed by atoms with E-state index in [9.17, 15) is 0 Å². The molecule has 2 nitrogen and oxygen atoms in total. The number of rotatable bonds is 3. The molecule has 0 heterocycles. The van der Waals surface area contributed by atoms with Gasteiger partial charge in [-0.15, -0.1) is 0 Å². The molecule has 0 unspecified atom stereocenters. The van der Waals surface area contributed by atoms with Crippen molar-refractivity contribution in [1.82, 2.24) is 0 Å². The third-order valence-corrected chi connectivity index (χ3v) is 5.14. The Labute approximate surface area is 120 Å². The first-order chi connectivity index (χ1) is 9.06. The lowest BCUT2D eigenvalue weighted by atomic mass is 9.84. The Morgan fingerprint density at radius 3 is 2.42 bits per heavy atom. The summed E-state index contributed by atoms with van der Waals surface area (Å²) in [5, 5.41) is 0.835. The van der Waals surface area contributed by atoms with Crippen LogP contribution in [0.4, 0.5) is 0 Å². The molecule has 0 amide bonds. The molecular weight excluding hydrogens is 258 g/mol. The smallest absolute Gasteiger partial charge is 0.141 e. The van der Waals surface area contributed by atoms with E-state index in [2.05, 4.69) is 6.92 Å². The van der Waals surface area contributed by atoms with Crippen molar-refractivity contribution in [3.63, 3.8) is 0 Å². The first kappa shape index (κ1) is 13.3. The van der Waals surface area contributed by atoms with Crippen LogP contribution in [0, 0.1) is 6.92 Å². The van der Waals surface area contributed by atoms with Crippen LogP contribution in [0.1, 0.15) is 47.9 Å². The van der Waals surface area contributed by atoms with Crippen molar-refractivity contribution >= 4 is 11.6 Å². The van der Waals surface area contributed by atoms with Crippen LogP contribution in [0.3, 0.4) is 0 Å². The number of hydrogen-bond donors (Lipinski definition) is 1. The van der Waals surface area contributed by atoms with Crippen LogP contribution in [0.5, 0.6) is 5.75 Å². The molecule has 1 aromatic rings. The number of halogens is 1. The number of ether oxygens (including phenoxy) is 1. The van der Waals surface area contributed by atoms with E-state index in [0.717, 1.165) is 42.9 Å². The van der Waals surface area contributed by atoms with Crippen LogP contribution in [-0.2, 0) is 19.3 Å². The van der Waals surface area contributed by atoms with Crippen molar-refractivity contribution in [2.24, 2.45) is 5.73 Å². The van der Waals surface area contributed by atoms with Gasteiger partial charge in [-0.1, -0.05) is 11.6 Å². The Balaban J connectivity index is 2.13. The quantitative estimate of drug-likeness (QED) is 0.918. The van der Waals surface area contributed by atoms with E-state index in [1.807, 2.05) is 0 Å². The molecule has 0 atom stereocenters. The van der Waals surface area contributed by atoms with Gasteiger partial charge in [-0.3, -0.25) is 0 Å². The zero-order valence-electron chi connectivity index (χ0n) is 11.8. The van der Waals surface area contributed by atoms with Crippen molar-refractivity contribution in [3.8, 4) is 5.75 Å². The first-order valence-corrected chi connectivity index (χ1v) is 7.59. The van der Waals surface area contributed by atoms with Gasteiger partial charge >= 0.3 is 0 Å².